The molecule has 11 heteroatoms. The monoisotopic (exact) mass is 657 g/mol. The molecule has 48 heavy (non-hydrogen) atoms. The van der Waals surface area contributed by atoms with Crippen LogP contribution in [0.15, 0.2) is 66.3 Å². The van der Waals surface area contributed by atoms with Crippen LogP contribution in [0.4, 0.5) is 5.82 Å². The maximum absolute atomic E-state index is 13.5. The number of para-hydroxylation sites is 1. The van der Waals surface area contributed by atoms with Crippen LogP contribution in [0.5, 0.6) is 5.75 Å². The molecule has 4 heterocycles. The number of hydrogen-bond acceptors (Lipinski definition) is 10. The van der Waals surface area contributed by atoms with Gasteiger partial charge in [-0.1, -0.05) is 36.9 Å². The molecule has 1 atom stereocenters. The number of aromatic nitrogens is 4. The molecule has 0 radical (unpaired) electrons. The van der Waals surface area contributed by atoms with Crippen molar-refractivity contribution >= 4 is 17.4 Å². The van der Waals surface area contributed by atoms with E-state index in [1.54, 1.807) is 29.8 Å². The van der Waals surface area contributed by atoms with Crippen molar-refractivity contribution in [2.24, 2.45) is 0 Å². The number of anilines is 1. The summed E-state index contributed by atoms with van der Waals surface area (Å²) in [5.74, 6) is 2.04. The number of ether oxygens (including phenoxy) is 4. The zero-order chi connectivity index (χ0) is 34.5. The molecule has 3 aromatic heterocycles. The minimum absolute atomic E-state index is 0.221. The fourth-order valence-electron chi connectivity index (χ4n) is 5.86. The van der Waals surface area contributed by atoms with E-state index in [0.29, 0.717) is 67.0 Å². The van der Waals surface area contributed by atoms with Gasteiger partial charge < -0.3 is 28.3 Å². The second-order valence-corrected chi connectivity index (χ2v) is 13.1. The lowest BCUT2D eigenvalue weighted by Crippen LogP contribution is -2.45. The maximum atomic E-state index is 13.5. The van der Waals surface area contributed by atoms with Gasteiger partial charge in [0, 0.05) is 36.8 Å². The minimum Gasteiger partial charge on any atom is -0.489 e. The molecule has 5 rings (SSSR count). The van der Waals surface area contributed by atoms with E-state index >= 15 is 0 Å². The highest BCUT2D eigenvalue weighted by atomic mass is 16.6. The van der Waals surface area contributed by atoms with Crippen molar-refractivity contribution in [2.75, 3.05) is 37.8 Å². The molecule has 0 spiro atoms. The number of fused-ring (bicyclic) bond motifs is 1. The first-order valence-electron chi connectivity index (χ1n) is 16.5. The van der Waals surface area contributed by atoms with Crippen molar-refractivity contribution in [3.8, 4) is 17.3 Å². The quantitative estimate of drug-likeness (QED) is 0.106. The second kappa shape index (κ2) is 14.7. The Balaban J connectivity index is 1.57. The summed E-state index contributed by atoms with van der Waals surface area (Å²) in [7, 11) is 0. The molecule has 0 bridgehead atoms. The highest BCUT2D eigenvalue weighted by molar-refractivity contribution is 5.80. The van der Waals surface area contributed by atoms with Crippen LogP contribution in [0.1, 0.15) is 76.1 Å². The molecular weight excluding hydrogens is 610 g/mol. The van der Waals surface area contributed by atoms with Gasteiger partial charge in [0.05, 0.1) is 36.2 Å². The van der Waals surface area contributed by atoms with Crippen molar-refractivity contribution < 1.29 is 28.2 Å². The number of hydrogen-bond donors (Lipinski definition) is 0. The summed E-state index contributed by atoms with van der Waals surface area (Å²) >= 11 is 0. The van der Waals surface area contributed by atoms with Crippen LogP contribution in [0.3, 0.4) is 0 Å². The highest BCUT2D eigenvalue weighted by Crippen LogP contribution is 2.39. The Labute approximate surface area is 282 Å². The third-order valence-corrected chi connectivity index (χ3v) is 8.18. The first kappa shape index (κ1) is 34.8. The number of carbonyl (C=O) groups is 1. The van der Waals surface area contributed by atoms with Gasteiger partial charge in [-0.05, 0) is 60.5 Å². The summed E-state index contributed by atoms with van der Waals surface area (Å²) in [6, 6.07) is 9.67. The minimum atomic E-state index is -1.02. The van der Waals surface area contributed by atoms with Crippen LogP contribution in [0.25, 0.3) is 17.2 Å². The fraction of sp³-hybridized carbons (Fsp3) is 0.459. The van der Waals surface area contributed by atoms with E-state index in [4.69, 9.17) is 33.4 Å². The Bertz CT molecular complexity index is 1740. The molecule has 0 aliphatic carbocycles. The van der Waals surface area contributed by atoms with Crippen molar-refractivity contribution in [1.29, 1.82) is 0 Å². The van der Waals surface area contributed by atoms with E-state index < -0.39 is 17.7 Å². The van der Waals surface area contributed by atoms with E-state index in [-0.39, 0.29) is 12.2 Å². The molecule has 1 aliphatic heterocycles. The van der Waals surface area contributed by atoms with Crippen molar-refractivity contribution in [3.63, 3.8) is 0 Å². The number of carbonyl (C=O) groups excluding carboxylic acids is 1. The van der Waals surface area contributed by atoms with Crippen LogP contribution in [-0.2, 0) is 25.4 Å². The number of aryl methyl sites for hydroxylation is 1. The molecular formula is C37H47N5O6. The van der Waals surface area contributed by atoms with Crippen LogP contribution < -0.4 is 9.64 Å². The Morgan fingerprint density at radius 3 is 2.56 bits per heavy atom. The Morgan fingerprint density at radius 2 is 1.88 bits per heavy atom. The van der Waals surface area contributed by atoms with Crippen LogP contribution in [0, 0.1) is 6.92 Å². The molecule has 1 saturated heterocycles. The van der Waals surface area contributed by atoms with Crippen LogP contribution in [0.2, 0.25) is 0 Å². The fourth-order valence-corrected chi connectivity index (χ4v) is 5.86. The summed E-state index contributed by atoms with van der Waals surface area (Å²) in [6.45, 7) is 21.5. The Kier molecular flexibility index (Phi) is 10.7. The number of rotatable bonds is 14. The summed E-state index contributed by atoms with van der Waals surface area (Å²) in [5, 5.41) is 4.98. The van der Waals surface area contributed by atoms with E-state index in [0.717, 1.165) is 30.0 Å². The van der Waals surface area contributed by atoms with Crippen molar-refractivity contribution in [1.82, 2.24) is 19.6 Å². The standard InChI is InChI=1S/C37H47N5O6/c1-9-20-45-29-15-13-12-14-26(29)22-27-24-38-33(47-27)28-23-30-39-25(4)31(32(35(43)44-11-3)48-36(5,6)7)34(42(30)40-28)41-18-16-37(8,17-19-41)46-21-10-2/h9-10,12-15,23-24,32H,1-2,11,16-22H2,3-8H3. The molecule has 256 valence electrons. The van der Waals surface area contributed by atoms with Crippen molar-refractivity contribution in [2.45, 2.75) is 78.1 Å². The zero-order valence-electron chi connectivity index (χ0n) is 29.0. The number of benzene rings is 1. The molecule has 0 N–H and O–H groups in total. The summed E-state index contributed by atoms with van der Waals surface area (Å²) < 4.78 is 31.9. The number of oxazole rings is 1. The molecule has 1 aromatic carbocycles. The largest absolute Gasteiger partial charge is 0.489 e. The summed E-state index contributed by atoms with van der Waals surface area (Å²) in [4.78, 5) is 25.3. The van der Waals surface area contributed by atoms with Crippen molar-refractivity contribution in [3.05, 3.63) is 84.4 Å². The van der Waals surface area contributed by atoms with Gasteiger partial charge in [0.1, 0.15) is 23.9 Å². The van der Waals surface area contributed by atoms with Gasteiger partial charge in [0.15, 0.2) is 17.4 Å². The average Bonchev–Trinajstić information content (AvgIpc) is 3.69. The maximum Gasteiger partial charge on any atom is 0.340 e. The molecule has 1 fully saturated rings. The van der Waals surface area contributed by atoms with E-state index in [9.17, 15) is 4.79 Å². The lowest BCUT2D eigenvalue weighted by atomic mass is 9.92. The Hall–Kier alpha value is -4.48. The normalized spacial score (nSPS) is 15.3. The predicted molar refractivity (Wildman–Crippen MR) is 184 cm³/mol. The van der Waals surface area contributed by atoms with Crippen LogP contribution in [-0.4, -0.2) is 69.7 Å². The van der Waals surface area contributed by atoms with Gasteiger partial charge in [0.2, 0.25) is 5.89 Å². The molecule has 4 aromatic rings. The van der Waals surface area contributed by atoms with Gasteiger partial charge in [-0.15, -0.1) is 6.58 Å². The predicted octanol–water partition coefficient (Wildman–Crippen LogP) is 6.83. The second-order valence-electron chi connectivity index (χ2n) is 13.1. The molecule has 1 aliphatic rings. The first-order chi connectivity index (χ1) is 22.9. The number of nitrogens with zero attached hydrogens (tertiary/aromatic N) is 5. The van der Waals surface area contributed by atoms with Gasteiger partial charge in [-0.3, -0.25) is 0 Å². The summed E-state index contributed by atoms with van der Waals surface area (Å²) in [6.07, 6.45) is 6.19. The van der Waals surface area contributed by atoms with E-state index in [1.807, 2.05) is 58.0 Å². The molecule has 0 saturated carbocycles. The topological polar surface area (TPSA) is 113 Å². The molecule has 11 nitrogen and oxygen atoms in total. The highest BCUT2D eigenvalue weighted by Gasteiger charge is 2.38. The zero-order valence-corrected chi connectivity index (χ0v) is 29.0. The van der Waals surface area contributed by atoms with Gasteiger partial charge in [-0.25, -0.2) is 14.8 Å². The van der Waals surface area contributed by atoms with Crippen LogP contribution >= 0.6 is 0 Å². The van der Waals surface area contributed by atoms with Gasteiger partial charge >= 0.3 is 5.97 Å². The van der Waals surface area contributed by atoms with E-state index in [2.05, 4.69) is 30.0 Å². The first-order valence-corrected chi connectivity index (χ1v) is 16.5. The smallest absolute Gasteiger partial charge is 0.340 e. The number of piperidine rings is 1. The average molecular weight is 658 g/mol. The van der Waals surface area contributed by atoms with E-state index in [1.165, 1.54) is 0 Å². The SMILES string of the molecule is C=CCOc1ccccc1Cc1cnc(-c2cc3nc(C)c(C(OC(C)(C)C)C(=O)OCC)c(N4CCC(C)(OCC=C)CC4)n3n2)o1. The lowest BCUT2D eigenvalue weighted by Gasteiger charge is -2.41. The summed E-state index contributed by atoms with van der Waals surface area (Å²) in [5.41, 5.74) is 2.40. The Morgan fingerprint density at radius 1 is 1.15 bits per heavy atom. The molecule has 0 amide bonds. The van der Waals surface area contributed by atoms with Gasteiger partial charge in [0.25, 0.3) is 0 Å². The third-order valence-electron chi connectivity index (χ3n) is 8.18. The number of esters is 1. The van der Waals surface area contributed by atoms with Gasteiger partial charge in [-0.2, -0.15) is 9.61 Å². The third kappa shape index (κ3) is 7.96. The molecule has 1 unspecified atom stereocenters. The lowest BCUT2D eigenvalue weighted by molar-refractivity contribution is -0.166.